The van der Waals surface area contributed by atoms with E-state index in [4.69, 9.17) is 5.73 Å². The highest BCUT2D eigenvalue weighted by molar-refractivity contribution is 9.10. The maximum absolute atomic E-state index is 5.57. The van der Waals surface area contributed by atoms with Crippen molar-refractivity contribution in [2.45, 2.75) is 13.3 Å². The molecule has 0 aliphatic heterocycles. The third-order valence-corrected chi connectivity index (χ3v) is 2.89. The van der Waals surface area contributed by atoms with Gasteiger partial charge < -0.3 is 5.73 Å². The Labute approximate surface area is 91.1 Å². The van der Waals surface area contributed by atoms with Crippen LogP contribution < -0.4 is 5.73 Å². The van der Waals surface area contributed by atoms with Crippen LogP contribution in [-0.4, -0.2) is 15.9 Å². The van der Waals surface area contributed by atoms with Crippen LogP contribution in [0.25, 0.3) is 5.65 Å². The van der Waals surface area contributed by atoms with Gasteiger partial charge in [-0.1, -0.05) is 6.07 Å². The molecular weight excluding hydrogens is 242 g/mol. The van der Waals surface area contributed by atoms with Gasteiger partial charge in [0.15, 0.2) is 0 Å². The van der Waals surface area contributed by atoms with Gasteiger partial charge in [0.1, 0.15) is 5.65 Å². The lowest BCUT2D eigenvalue weighted by molar-refractivity contribution is 0.886. The Morgan fingerprint density at radius 3 is 3.00 bits per heavy atom. The van der Waals surface area contributed by atoms with Gasteiger partial charge in [0.25, 0.3) is 0 Å². The van der Waals surface area contributed by atoms with Crippen LogP contribution in [0.3, 0.4) is 0 Å². The van der Waals surface area contributed by atoms with Crippen molar-refractivity contribution in [3.8, 4) is 0 Å². The molecule has 14 heavy (non-hydrogen) atoms. The van der Waals surface area contributed by atoms with E-state index in [0.717, 1.165) is 22.4 Å². The van der Waals surface area contributed by atoms with Gasteiger partial charge >= 0.3 is 0 Å². The quantitative estimate of drug-likeness (QED) is 0.832. The summed E-state index contributed by atoms with van der Waals surface area (Å²) in [7, 11) is 0. The molecule has 0 radical (unpaired) electrons. The molecule has 3 nitrogen and oxygen atoms in total. The molecular formula is C10H12BrN3. The molecule has 0 atom stereocenters. The summed E-state index contributed by atoms with van der Waals surface area (Å²) in [6, 6.07) is 5.99. The number of nitrogens with two attached hydrogens (primary N) is 1. The third kappa shape index (κ3) is 1.44. The van der Waals surface area contributed by atoms with Crippen molar-refractivity contribution in [3.05, 3.63) is 34.2 Å². The molecule has 2 aromatic heterocycles. The highest BCUT2D eigenvalue weighted by Gasteiger charge is 2.09. The van der Waals surface area contributed by atoms with Crippen molar-refractivity contribution in [1.82, 2.24) is 9.38 Å². The Hall–Kier alpha value is -0.870. The number of hydrogen-bond donors (Lipinski definition) is 1. The van der Waals surface area contributed by atoms with Crippen LogP contribution in [0.4, 0.5) is 0 Å². The van der Waals surface area contributed by atoms with E-state index in [-0.39, 0.29) is 0 Å². The van der Waals surface area contributed by atoms with E-state index in [0.29, 0.717) is 6.54 Å². The van der Waals surface area contributed by atoms with Crippen molar-refractivity contribution < 1.29 is 0 Å². The fourth-order valence-electron chi connectivity index (χ4n) is 1.65. The summed E-state index contributed by atoms with van der Waals surface area (Å²) in [4.78, 5) is 4.47. The van der Waals surface area contributed by atoms with E-state index in [2.05, 4.69) is 25.3 Å². The highest BCUT2D eigenvalue weighted by atomic mass is 79.9. The summed E-state index contributed by atoms with van der Waals surface area (Å²) >= 11 is 3.51. The molecule has 0 saturated heterocycles. The van der Waals surface area contributed by atoms with Crippen LogP contribution in [0.1, 0.15) is 11.4 Å². The van der Waals surface area contributed by atoms with Crippen molar-refractivity contribution in [2.24, 2.45) is 5.73 Å². The van der Waals surface area contributed by atoms with Crippen molar-refractivity contribution in [1.29, 1.82) is 0 Å². The molecule has 0 fully saturated rings. The standard InChI is InChI=1S/C10H12BrN3/c1-7-8(5-6-12)14-9(11)3-2-4-10(14)13-7/h2-4H,5-6,12H2,1H3. The monoisotopic (exact) mass is 253 g/mol. The number of halogens is 1. The van der Waals surface area contributed by atoms with Gasteiger partial charge in [-0.05, 0) is 41.5 Å². The minimum absolute atomic E-state index is 0.649. The first-order valence-electron chi connectivity index (χ1n) is 4.56. The summed E-state index contributed by atoms with van der Waals surface area (Å²) in [6.07, 6.45) is 0.857. The first kappa shape index (κ1) is 9.68. The van der Waals surface area contributed by atoms with Crippen LogP contribution >= 0.6 is 15.9 Å². The number of aromatic nitrogens is 2. The zero-order chi connectivity index (χ0) is 10.1. The zero-order valence-electron chi connectivity index (χ0n) is 8.00. The van der Waals surface area contributed by atoms with Gasteiger partial charge in [-0.2, -0.15) is 0 Å². The average Bonchev–Trinajstić information content (AvgIpc) is 2.45. The molecule has 0 saturated carbocycles. The summed E-state index contributed by atoms with van der Waals surface area (Å²) in [5, 5.41) is 0. The van der Waals surface area contributed by atoms with E-state index in [1.165, 1.54) is 5.69 Å². The second kappa shape index (κ2) is 3.71. The van der Waals surface area contributed by atoms with Gasteiger partial charge in [-0.15, -0.1) is 0 Å². The van der Waals surface area contributed by atoms with Gasteiger partial charge in [0.05, 0.1) is 10.3 Å². The van der Waals surface area contributed by atoms with Crippen molar-refractivity contribution in [3.63, 3.8) is 0 Å². The Balaban J connectivity index is 2.73. The third-order valence-electron chi connectivity index (χ3n) is 2.27. The van der Waals surface area contributed by atoms with Crippen LogP contribution in [0.15, 0.2) is 22.8 Å². The average molecular weight is 254 g/mol. The topological polar surface area (TPSA) is 43.3 Å². The number of rotatable bonds is 2. The summed E-state index contributed by atoms with van der Waals surface area (Å²) in [5.41, 5.74) is 8.79. The minimum Gasteiger partial charge on any atom is -0.330 e. The fourth-order valence-corrected chi connectivity index (χ4v) is 2.20. The van der Waals surface area contributed by atoms with Crippen LogP contribution in [-0.2, 0) is 6.42 Å². The number of nitrogens with zero attached hydrogens (tertiary/aromatic N) is 2. The zero-order valence-corrected chi connectivity index (χ0v) is 9.58. The number of fused-ring (bicyclic) bond motifs is 1. The van der Waals surface area contributed by atoms with E-state index in [9.17, 15) is 0 Å². The molecule has 2 N–H and O–H groups in total. The summed E-state index contributed by atoms with van der Waals surface area (Å²) < 4.78 is 3.13. The van der Waals surface area contributed by atoms with Gasteiger partial charge in [0.2, 0.25) is 0 Å². The van der Waals surface area contributed by atoms with E-state index < -0.39 is 0 Å². The Morgan fingerprint density at radius 1 is 1.50 bits per heavy atom. The van der Waals surface area contributed by atoms with Crippen molar-refractivity contribution >= 4 is 21.6 Å². The molecule has 0 unspecified atom stereocenters. The second-order valence-corrected chi connectivity index (χ2v) is 4.04. The molecule has 2 aromatic rings. The van der Waals surface area contributed by atoms with E-state index in [1.807, 2.05) is 25.1 Å². The SMILES string of the molecule is Cc1nc2cccc(Br)n2c1CCN. The molecule has 0 aromatic carbocycles. The summed E-state index contributed by atoms with van der Waals surface area (Å²) in [6.45, 7) is 2.67. The maximum Gasteiger partial charge on any atom is 0.138 e. The molecule has 2 heterocycles. The Kier molecular flexibility index (Phi) is 2.56. The highest BCUT2D eigenvalue weighted by Crippen LogP contribution is 2.18. The molecule has 0 aliphatic rings. The largest absolute Gasteiger partial charge is 0.330 e. The smallest absolute Gasteiger partial charge is 0.138 e. The van der Waals surface area contributed by atoms with Crippen molar-refractivity contribution in [2.75, 3.05) is 6.54 Å². The minimum atomic E-state index is 0.649. The van der Waals surface area contributed by atoms with Crippen LogP contribution in [0, 0.1) is 6.92 Å². The first-order chi connectivity index (χ1) is 6.74. The number of aryl methyl sites for hydroxylation is 1. The van der Waals surface area contributed by atoms with Gasteiger partial charge in [-0.3, -0.25) is 4.40 Å². The molecule has 0 aliphatic carbocycles. The fraction of sp³-hybridized carbons (Fsp3) is 0.300. The molecule has 2 rings (SSSR count). The van der Waals surface area contributed by atoms with Gasteiger partial charge in [-0.25, -0.2) is 4.98 Å². The normalized spacial score (nSPS) is 11.1. The van der Waals surface area contributed by atoms with E-state index >= 15 is 0 Å². The van der Waals surface area contributed by atoms with E-state index in [1.54, 1.807) is 0 Å². The lowest BCUT2D eigenvalue weighted by atomic mass is 10.2. The molecule has 4 heteroatoms. The predicted molar refractivity (Wildman–Crippen MR) is 60.4 cm³/mol. The van der Waals surface area contributed by atoms with Gasteiger partial charge in [0, 0.05) is 12.1 Å². The second-order valence-electron chi connectivity index (χ2n) is 3.22. The Morgan fingerprint density at radius 2 is 2.29 bits per heavy atom. The number of imidazole rings is 1. The molecule has 0 bridgehead atoms. The molecule has 0 amide bonds. The van der Waals surface area contributed by atoms with Crippen LogP contribution in [0.5, 0.6) is 0 Å². The predicted octanol–water partition coefficient (Wildman–Crippen LogP) is 1.91. The number of hydrogen-bond acceptors (Lipinski definition) is 2. The first-order valence-corrected chi connectivity index (χ1v) is 5.36. The molecule has 74 valence electrons. The maximum atomic E-state index is 5.57. The molecule has 0 spiro atoms. The number of pyridine rings is 1. The lowest BCUT2D eigenvalue weighted by Crippen LogP contribution is -2.06. The Bertz CT molecular complexity index is 462. The lowest BCUT2D eigenvalue weighted by Gasteiger charge is -2.03. The van der Waals surface area contributed by atoms with Crippen LogP contribution in [0.2, 0.25) is 0 Å². The summed E-state index contributed by atoms with van der Waals surface area (Å²) in [5.74, 6) is 0.